The highest BCUT2D eigenvalue weighted by Gasteiger charge is 2.21. The molecule has 1 fully saturated rings. The maximum Gasteiger partial charge on any atom is 0.0558 e. The van der Waals surface area contributed by atoms with Crippen molar-refractivity contribution >= 4 is 0 Å². The first-order valence-corrected chi connectivity index (χ1v) is 7.38. The summed E-state index contributed by atoms with van der Waals surface area (Å²) in [6, 6.07) is 11.3. The Hall–Kier alpha value is -0.900. The molecule has 1 saturated carbocycles. The molecule has 0 aromatic heterocycles. The zero-order chi connectivity index (χ0) is 13.5. The SMILES string of the molecule is CC(CNC1CC1)CN(CCO)Cc1ccccc1. The number of rotatable bonds is 9. The summed E-state index contributed by atoms with van der Waals surface area (Å²) in [4.78, 5) is 2.34. The summed E-state index contributed by atoms with van der Waals surface area (Å²) in [6.07, 6.45) is 2.69. The van der Waals surface area contributed by atoms with Gasteiger partial charge in [-0.05, 0) is 30.9 Å². The van der Waals surface area contributed by atoms with Crippen LogP contribution in [0.2, 0.25) is 0 Å². The van der Waals surface area contributed by atoms with Gasteiger partial charge in [0, 0.05) is 25.7 Å². The lowest BCUT2D eigenvalue weighted by atomic mass is 10.1. The Morgan fingerprint density at radius 3 is 2.68 bits per heavy atom. The van der Waals surface area contributed by atoms with Crippen LogP contribution >= 0.6 is 0 Å². The molecule has 0 saturated heterocycles. The molecule has 0 heterocycles. The van der Waals surface area contributed by atoms with Crippen molar-refractivity contribution in [1.29, 1.82) is 0 Å². The van der Waals surface area contributed by atoms with Gasteiger partial charge in [0.15, 0.2) is 0 Å². The fraction of sp³-hybridized carbons (Fsp3) is 0.625. The summed E-state index contributed by atoms with van der Waals surface area (Å²) in [5.74, 6) is 0.621. The maximum absolute atomic E-state index is 9.20. The monoisotopic (exact) mass is 262 g/mol. The Balaban J connectivity index is 1.77. The highest BCUT2D eigenvalue weighted by Crippen LogP contribution is 2.19. The molecule has 0 amide bonds. The Morgan fingerprint density at radius 1 is 1.32 bits per heavy atom. The highest BCUT2D eigenvalue weighted by atomic mass is 16.3. The lowest BCUT2D eigenvalue weighted by Crippen LogP contribution is -2.35. The molecular formula is C16H26N2O. The number of nitrogens with zero attached hydrogens (tertiary/aromatic N) is 1. The summed E-state index contributed by atoms with van der Waals surface area (Å²) >= 11 is 0. The van der Waals surface area contributed by atoms with E-state index in [2.05, 4.69) is 41.4 Å². The molecule has 1 aromatic carbocycles. The summed E-state index contributed by atoms with van der Waals surface area (Å²) < 4.78 is 0. The molecule has 0 bridgehead atoms. The predicted molar refractivity (Wildman–Crippen MR) is 79.0 cm³/mol. The second-order valence-electron chi connectivity index (χ2n) is 5.73. The Morgan fingerprint density at radius 2 is 2.05 bits per heavy atom. The zero-order valence-corrected chi connectivity index (χ0v) is 11.9. The minimum Gasteiger partial charge on any atom is -0.395 e. The number of aliphatic hydroxyl groups is 1. The van der Waals surface area contributed by atoms with Crippen molar-refractivity contribution in [2.45, 2.75) is 32.4 Å². The Labute approximate surface area is 116 Å². The van der Waals surface area contributed by atoms with E-state index >= 15 is 0 Å². The van der Waals surface area contributed by atoms with Gasteiger partial charge in [-0.15, -0.1) is 0 Å². The number of hydrogen-bond donors (Lipinski definition) is 2. The van der Waals surface area contributed by atoms with E-state index in [1.807, 2.05) is 6.07 Å². The Bertz CT molecular complexity index is 351. The lowest BCUT2D eigenvalue weighted by molar-refractivity contribution is 0.171. The third-order valence-electron chi connectivity index (χ3n) is 3.57. The average Bonchev–Trinajstić information content (AvgIpc) is 3.22. The second-order valence-corrected chi connectivity index (χ2v) is 5.73. The minimum absolute atomic E-state index is 0.232. The van der Waals surface area contributed by atoms with Crippen LogP contribution in [0.5, 0.6) is 0 Å². The summed E-state index contributed by atoms with van der Waals surface area (Å²) in [5, 5.41) is 12.8. The van der Waals surface area contributed by atoms with E-state index in [0.29, 0.717) is 5.92 Å². The average molecular weight is 262 g/mol. The lowest BCUT2D eigenvalue weighted by Gasteiger charge is -2.25. The van der Waals surface area contributed by atoms with E-state index in [1.54, 1.807) is 0 Å². The van der Waals surface area contributed by atoms with Crippen LogP contribution in [0.25, 0.3) is 0 Å². The molecule has 2 N–H and O–H groups in total. The van der Waals surface area contributed by atoms with Crippen LogP contribution in [0.1, 0.15) is 25.3 Å². The molecule has 1 aliphatic rings. The van der Waals surface area contributed by atoms with Crippen molar-refractivity contribution in [3.8, 4) is 0 Å². The van der Waals surface area contributed by atoms with Crippen molar-refractivity contribution < 1.29 is 5.11 Å². The van der Waals surface area contributed by atoms with Gasteiger partial charge in [0.2, 0.25) is 0 Å². The summed E-state index contributed by atoms with van der Waals surface area (Å²) in [5.41, 5.74) is 1.32. The third kappa shape index (κ3) is 5.72. The van der Waals surface area contributed by atoms with Crippen molar-refractivity contribution in [3.63, 3.8) is 0 Å². The molecule has 3 nitrogen and oxygen atoms in total. The number of benzene rings is 1. The van der Waals surface area contributed by atoms with E-state index in [-0.39, 0.29) is 6.61 Å². The first kappa shape index (κ1) is 14.5. The normalized spacial score (nSPS) is 16.8. The largest absolute Gasteiger partial charge is 0.395 e. The topological polar surface area (TPSA) is 35.5 Å². The van der Waals surface area contributed by atoms with Gasteiger partial charge in [-0.3, -0.25) is 4.90 Å². The van der Waals surface area contributed by atoms with Crippen LogP contribution in [0.15, 0.2) is 30.3 Å². The van der Waals surface area contributed by atoms with Gasteiger partial charge in [0.1, 0.15) is 0 Å². The molecule has 1 aliphatic carbocycles. The number of hydrogen-bond acceptors (Lipinski definition) is 3. The molecule has 106 valence electrons. The van der Waals surface area contributed by atoms with Crippen molar-refractivity contribution in [2.75, 3.05) is 26.2 Å². The van der Waals surface area contributed by atoms with Crippen LogP contribution in [-0.2, 0) is 6.54 Å². The zero-order valence-electron chi connectivity index (χ0n) is 11.9. The number of aliphatic hydroxyl groups excluding tert-OH is 1. The van der Waals surface area contributed by atoms with Crippen molar-refractivity contribution in [2.24, 2.45) is 5.92 Å². The van der Waals surface area contributed by atoms with Gasteiger partial charge in [0.25, 0.3) is 0 Å². The fourth-order valence-electron chi connectivity index (χ4n) is 2.38. The molecule has 1 aromatic rings. The van der Waals surface area contributed by atoms with Gasteiger partial charge >= 0.3 is 0 Å². The van der Waals surface area contributed by atoms with E-state index in [0.717, 1.165) is 32.2 Å². The molecule has 2 rings (SSSR count). The standard InChI is InChI=1S/C16H26N2O/c1-14(11-17-16-7-8-16)12-18(9-10-19)13-15-5-3-2-4-6-15/h2-6,14,16-17,19H,7-13H2,1H3. The highest BCUT2D eigenvalue weighted by molar-refractivity contribution is 5.14. The van der Waals surface area contributed by atoms with Crippen LogP contribution in [0.4, 0.5) is 0 Å². The predicted octanol–water partition coefficient (Wildman–Crippen LogP) is 1.87. The van der Waals surface area contributed by atoms with Gasteiger partial charge < -0.3 is 10.4 Å². The first-order chi connectivity index (χ1) is 9.28. The van der Waals surface area contributed by atoms with Gasteiger partial charge in [-0.1, -0.05) is 37.3 Å². The number of nitrogens with one attached hydrogen (secondary N) is 1. The molecule has 0 spiro atoms. The van der Waals surface area contributed by atoms with Crippen LogP contribution in [0, 0.1) is 5.92 Å². The van der Waals surface area contributed by atoms with Gasteiger partial charge in [-0.25, -0.2) is 0 Å². The van der Waals surface area contributed by atoms with E-state index in [1.165, 1.54) is 18.4 Å². The smallest absolute Gasteiger partial charge is 0.0558 e. The molecule has 1 atom stereocenters. The van der Waals surface area contributed by atoms with E-state index in [4.69, 9.17) is 0 Å². The maximum atomic E-state index is 9.20. The van der Waals surface area contributed by atoms with Crippen LogP contribution < -0.4 is 5.32 Å². The van der Waals surface area contributed by atoms with Crippen molar-refractivity contribution in [1.82, 2.24) is 10.2 Å². The van der Waals surface area contributed by atoms with E-state index < -0.39 is 0 Å². The molecule has 0 aliphatic heterocycles. The first-order valence-electron chi connectivity index (χ1n) is 7.38. The molecule has 1 unspecified atom stereocenters. The summed E-state index contributed by atoms with van der Waals surface area (Å²) in [7, 11) is 0. The molecular weight excluding hydrogens is 236 g/mol. The molecule has 3 heteroatoms. The summed E-state index contributed by atoms with van der Waals surface area (Å²) in [6.45, 7) is 6.31. The fourth-order valence-corrected chi connectivity index (χ4v) is 2.38. The van der Waals surface area contributed by atoms with Crippen LogP contribution in [-0.4, -0.2) is 42.3 Å². The second kappa shape index (κ2) is 7.63. The minimum atomic E-state index is 0.232. The van der Waals surface area contributed by atoms with Gasteiger partial charge in [0.05, 0.1) is 6.61 Å². The third-order valence-corrected chi connectivity index (χ3v) is 3.57. The molecule has 0 radical (unpaired) electrons. The Kier molecular flexibility index (Phi) is 5.83. The van der Waals surface area contributed by atoms with E-state index in [9.17, 15) is 5.11 Å². The van der Waals surface area contributed by atoms with Crippen LogP contribution in [0.3, 0.4) is 0 Å². The molecule has 19 heavy (non-hydrogen) atoms. The quantitative estimate of drug-likeness (QED) is 0.713. The van der Waals surface area contributed by atoms with Gasteiger partial charge in [-0.2, -0.15) is 0 Å². The van der Waals surface area contributed by atoms with Crippen molar-refractivity contribution in [3.05, 3.63) is 35.9 Å².